The van der Waals surface area contributed by atoms with Crippen molar-refractivity contribution < 1.29 is 14.9 Å². The van der Waals surface area contributed by atoms with Crippen LogP contribution in [0.1, 0.15) is 13.3 Å². The molecule has 0 aromatic carbocycles. The number of aliphatic hydroxyl groups is 2. The van der Waals surface area contributed by atoms with Crippen molar-refractivity contribution in [3.05, 3.63) is 24.3 Å². The number of ether oxygens (including phenoxy) is 1. The molecule has 0 aromatic heterocycles. The van der Waals surface area contributed by atoms with Crippen molar-refractivity contribution in [3.8, 4) is 0 Å². The van der Waals surface area contributed by atoms with Crippen LogP contribution in [-0.4, -0.2) is 35.6 Å². The topological polar surface area (TPSA) is 49.7 Å². The maximum Gasteiger partial charge on any atom is 0.0971 e. The van der Waals surface area contributed by atoms with E-state index >= 15 is 0 Å². The van der Waals surface area contributed by atoms with E-state index in [-0.39, 0.29) is 19.1 Å². The Labute approximate surface area is 84.7 Å². The predicted octanol–water partition coefficient (Wildman–Crippen LogP) is 0.879. The van der Waals surface area contributed by atoms with E-state index in [1.165, 1.54) is 0 Å². The summed E-state index contributed by atoms with van der Waals surface area (Å²) in [6.07, 6.45) is 8.48. The van der Waals surface area contributed by atoms with Crippen LogP contribution in [0.25, 0.3) is 0 Å². The van der Waals surface area contributed by atoms with E-state index in [0.717, 1.165) is 0 Å². The molecule has 1 atom stereocenters. The number of allylic oxidation sites excluding steroid dienone is 2. The summed E-state index contributed by atoms with van der Waals surface area (Å²) in [5, 5.41) is 18.3. The molecule has 0 saturated carbocycles. The SMILES string of the molecule is CCOC1(C(CO)CO)C=CC=CC1. The van der Waals surface area contributed by atoms with Crippen LogP contribution in [0.5, 0.6) is 0 Å². The minimum absolute atomic E-state index is 0.0608. The molecule has 0 radical (unpaired) electrons. The molecule has 1 aliphatic carbocycles. The molecule has 0 amide bonds. The zero-order chi connectivity index (χ0) is 10.4. The van der Waals surface area contributed by atoms with Gasteiger partial charge in [0.15, 0.2) is 0 Å². The van der Waals surface area contributed by atoms with E-state index < -0.39 is 5.60 Å². The fraction of sp³-hybridized carbons (Fsp3) is 0.636. The highest BCUT2D eigenvalue weighted by molar-refractivity contribution is 5.20. The van der Waals surface area contributed by atoms with Gasteiger partial charge in [-0.3, -0.25) is 0 Å². The third kappa shape index (κ3) is 2.23. The molecule has 0 bridgehead atoms. The Kier molecular flexibility index (Phi) is 4.32. The summed E-state index contributed by atoms with van der Waals surface area (Å²) in [6, 6.07) is 0. The monoisotopic (exact) mass is 198 g/mol. The molecule has 1 unspecified atom stereocenters. The summed E-state index contributed by atoms with van der Waals surface area (Å²) in [5.41, 5.74) is -0.521. The molecule has 1 aliphatic rings. The van der Waals surface area contributed by atoms with E-state index in [1.54, 1.807) is 0 Å². The van der Waals surface area contributed by atoms with Crippen molar-refractivity contribution in [1.29, 1.82) is 0 Å². The molecule has 3 heteroatoms. The third-order valence-corrected chi connectivity index (χ3v) is 2.61. The number of rotatable bonds is 5. The van der Waals surface area contributed by atoms with Gasteiger partial charge in [0, 0.05) is 12.5 Å². The second-order valence-corrected chi connectivity index (χ2v) is 3.44. The summed E-state index contributed by atoms with van der Waals surface area (Å²) in [6.45, 7) is 2.37. The van der Waals surface area contributed by atoms with Gasteiger partial charge in [-0.25, -0.2) is 0 Å². The second kappa shape index (κ2) is 5.29. The lowest BCUT2D eigenvalue weighted by Gasteiger charge is -2.36. The summed E-state index contributed by atoms with van der Waals surface area (Å²) in [5.74, 6) is -0.247. The van der Waals surface area contributed by atoms with Gasteiger partial charge in [-0.05, 0) is 13.3 Å². The van der Waals surface area contributed by atoms with Gasteiger partial charge in [-0.2, -0.15) is 0 Å². The van der Waals surface area contributed by atoms with Crippen molar-refractivity contribution in [1.82, 2.24) is 0 Å². The highest BCUT2D eigenvalue weighted by atomic mass is 16.5. The van der Waals surface area contributed by atoms with Crippen molar-refractivity contribution in [2.24, 2.45) is 5.92 Å². The summed E-state index contributed by atoms with van der Waals surface area (Å²) >= 11 is 0. The molecule has 14 heavy (non-hydrogen) atoms. The van der Waals surface area contributed by atoms with Crippen LogP contribution in [0, 0.1) is 5.92 Å². The van der Waals surface area contributed by atoms with Gasteiger partial charge in [-0.15, -0.1) is 0 Å². The first-order valence-corrected chi connectivity index (χ1v) is 4.99. The molecule has 0 aromatic rings. The van der Waals surface area contributed by atoms with Crippen LogP contribution in [0.2, 0.25) is 0 Å². The lowest BCUT2D eigenvalue weighted by Crippen LogP contribution is -2.43. The molecule has 3 nitrogen and oxygen atoms in total. The van der Waals surface area contributed by atoms with E-state index in [1.807, 2.05) is 31.2 Å². The number of hydrogen-bond donors (Lipinski definition) is 2. The van der Waals surface area contributed by atoms with Gasteiger partial charge in [0.2, 0.25) is 0 Å². The molecule has 0 heterocycles. The first-order valence-electron chi connectivity index (χ1n) is 4.99. The lowest BCUT2D eigenvalue weighted by molar-refractivity contribution is -0.0743. The first-order chi connectivity index (χ1) is 6.79. The number of aliphatic hydroxyl groups excluding tert-OH is 2. The van der Waals surface area contributed by atoms with Crippen LogP contribution in [0.4, 0.5) is 0 Å². The van der Waals surface area contributed by atoms with Crippen LogP contribution in [0.3, 0.4) is 0 Å². The van der Waals surface area contributed by atoms with Crippen molar-refractivity contribution in [2.45, 2.75) is 18.9 Å². The largest absolute Gasteiger partial charge is 0.396 e. The maximum absolute atomic E-state index is 9.17. The normalized spacial score (nSPS) is 26.0. The minimum Gasteiger partial charge on any atom is -0.396 e. The van der Waals surface area contributed by atoms with E-state index in [9.17, 15) is 10.2 Å². The maximum atomic E-state index is 9.17. The minimum atomic E-state index is -0.521. The zero-order valence-corrected chi connectivity index (χ0v) is 8.52. The van der Waals surface area contributed by atoms with Crippen LogP contribution in [-0.2, 0) is 4.74 Å². The molecule has 0 spiro atoms. The van der Waals surface area contributed by atoms with Gasteiger partial charge in [0.25, 0.3) is 0 Å². The van der Waals surface area contributed by atoms with E-state index in [2.05, 4.69) is 0 Å². The highest BCUT2D eigenvalue weighted by Gasteiger charge is 2.36. The molecule has 0 saturated heterocycles. The second-order valence-electron chi connectivity index (χ2n) is 3.44. The molecule has 80 valence electrons. The number of hydrogen-bond acceptors (Lipinski definition) is 3. The van der Waals surface area contributed by atoms with Gasteiger partial charge >= 0.3 is 0 Å². The Morgan fingerprint density at radius 1 is 1.36 bits per heavy atom. The van der Waals surface area contributed by atoms with Gasteiger partial charge in [-0.1, -0.05) is 24.3 Å². The predicted molar refractivity (Wildman–Crippen MR) is 54.9 cm³/mol. The van der Waals surface area contributed by atoms with Gasteiger partial charge < -0.3 is 14.9 Å². The Morgan fingerprint density at radius 3 is 2.50 bits per heavy atom. The van der Waals surface area contributed by atoms with E-state index in [4.69, 9.17) is 4.74 Å². The van der Waals surface area contributed by atoms with Crippen molar-refractivity contribution in [3.63, 3.8) is 0 Å². The average molecular weight is 198 g/mol. The van der Waals surface area contributed by atoms with Crippen molar-refractivity contribution >= 4 is 0 Å². The molecule has 1 rings (SSSR count). The van der Waals surface area contributed by atoms with E-state index in [0.29, 0.717) is 13.0 Å². The quantitative estimate of drug-likeness (QED) is 0.689. The van der Waals surface area contributed by atoms with Gasteiger partial charge in [0.05, 0.1) is 18.8 Å². The molecule has 2 N–H and O–H groups in total. The van der Waals surface area contributed by atoms with Crippen molar-refractivity contribution in [2.75, 3.05) is 19.8 Å². The fourth-order valence-electron chi connectivity index (χ4n) is 1.78. The summed E-state index contributed by atoms with van der Waals surface area (Å²) in [4.78, 5) is 0. The standard InChI is InChI=1S/C11H18O3/c1-2-14-11(10(8-12)9-13)6-4-3-5-7-11/h3-6,10,12-13H,2,7-9H2,1H3. The fourth-order valence-corrected chi connectivity index (χ4v) is 1.78. The Bertz CT molecular complexity index is 219. The lowest BCUT2D eigenvalue weighted by atomic mass is 9.82. The molecule has 0 fully saturated rings. The Balaban J connectivity index is 2.80. The third-order valence-electron chi connectivity index (χ3n) is 2.61. The first kappa shape index (κ1) is 11.4. The van der Waals surface area contributed by atoms with Crippen LogP contribution in [0.15, 0.2) is 24.3 Å². The molecule has 0 aliphatic heterocycles. The van der Waals surface area contributed by atoms with Crippen LogP contribution >= 0.6 is 0 Å². The Hall–Kier alpha value is -0.640. The average Bonchev–Trinajstić information content (AvgIpc) is 2.21. The summed E-state index contributed by atoms with van der Waals surface area (Å²) < 4.78 is 5.66. The summed E-state index contributed by atoms with van der Waals surface area (Å²) in [7, 11) is 0. The highest BCUT2D eigenvalue weighted by Crippen LogP contribution is 2.30. The molecular formula is C11H18O3. The molecular weight excluding hydrogens is 180 g/mol. The zero-order valence-electron chi connectivity index (χ0n) is 8.52. The van der Waals surface area contributed by atoms with Crippen LogP contribution < -0.4 is 0 Å². The van der Waals surface area contributed by atoms with Gasteiger partial charge in [0.1, 0.15) is 0 Å². The Morgan fingerprint density at radius 2 is 2.07 bits per heavy atom. The smallest absolute Gasteiger partial charge is 0.0971 e.